The van der Waals surface area contributed by atoms with Crippen molar-refractivity contribution in [2.24, 2.45) is 20.7 Å². The van der Waals surface area contributed by atoms with Gasteiger partial charge in [-0.2, -0.15) is 15.1 Å². The van der Waals surface area contributed by atoms with Gasteiger partial charge in [0.2, 0.25) is 12.3 Å². The van der Waals surface area contributed by atoms with E-state index < -0.39 is 29.6 Å². The van der Waals surface area contributed by atoms with Crippen LogP contribution in [0.25, 0.3) is 33.2 Å². The van der Waals surface area contributed by atoms with Crippen molar-refractivity contribution in [1.82, 2.24) is 40.5 Å². The van der Waals surface area contributed by atoms with E-state index >= 15 is 4.39 Å². The molecule has 10 rings (SSSR count). The van der Waals surface area contributed by atoms with E-state index in [1.807, 2.05) is 76.2 Å². The number of anilines is 2. The zero-order valence-corrected chi connectivity index (χ0v) is 52.3. The number of aliphatic hydroxyl groups excluding tert-OH is 1. The van der Waals surface area contributed by atoms with E-state index in [2.05, 4.69) is 97.0 Å². The molecule has 6 atom stereocenters. The molecule has 23 heteroatoms. The minimum Gasteiger partial charge on any atom is -0.486 e. The summed E-state index contributed by atoms with van der Waals surface area (Å²) in [6.07, 6.45) is 13.6. The van der Waals surface area contributed by atoms with E-state index in [1.165, 1.54) is 23.5 Å². The van der Waals surface area contributed by atoms with Crippen LogP contribution in [-0.2, 0) is 25.7 Å². The number of aromatic nitrogens is 4. The van der Waals surface area contributed by atoms with Crippen LogP contribution in [0.5, 0.6) is 11.8 Å². The van der Waals surface area contributed by atoms with Crippen molar-refractivity contribution in [2.45, 2.75) is 136 Å². The van der Waals surface area contributed by atoms with Gasteiger partial charge in [-0.05, 0) is 137 Å². The number of thiol groups is 1. The van der Waals surface area contributed by atoms with E-state index in [-0.39, 0.29) is 67.6 Å². The molecule has 1 saturated heterocycles. The molecule has 4 aliphatic rings. The van der Waals surface area contributed by atoms with Gasteiger partial charge in [-0.1, -0.05) is 79.8 Å². The summed E-state index contributed by atoms with van der Waals surface area (Å²) in [5, 5.41) is 27.3. The normalized spacial score (nSPS) is 18.5. The fourth-order valence-electron chi connectivity index (χ4n) is 10.8. The first-order valence-corrected chi connectivity index (χ1v) is 30.3. The molecule has 3 aliphatic heterocycles. The largest absolute Gasteiger partial charge is 0.486 e. The lowest BCUT2D eigenvalue weighted by Crippen LogP contribution is -2.47. The summed E-state index contributed by atoms with van der Waals surface area (Å²) in [5.41, 5.74) is 14.2. The number of benzene rings is 4. The number of amides is 3. The first kappa shape index (κ1) is 64.2. The number of ether oxygens (including phenoxy) is 4. The summed E-state index contributed by atoms with van der Waals surface area (Å²) in [6, 6.07) is 18.1. The number of nitrogens with zero attached hydrogens (tertiary/aromatic N) is 10. The minimum absolute atomic E-state index is 0.0711. The van der Waals surface area contributed by atoms with E-state index in [4.69, 9.17) is 34.6 Å². The molecule has 2 fully saturated rings. The highest BCUT2D eigenvalue weighted by Crippen LogP contribution is 2.53. The molecule has 2 aromatic heterocycles. The van der Waals surface area contributed by atoms with Crippen molar-refractivity contribution in [2.75, 3.05) is 57.1 Å². The number of methoxy groups -OCH3 is 1. The van der Waals surface area contributed by atoms with Gasteiger partial charge in [-0.15, -0.1) is 0 Å². The summed E-state index contributed by atoms with van der Waals surface area (Å²) in [5.74, 6) is 0.905. The van der Waals surface area contributed by atoms with Crippen molar-refractivity contribution in [3.05, 3.63) is 131 Å². The Morgan fingerprint density at radius 2 is 1.70 bits per heavy atom. The number of halogens is 1. The maximum Gasteiger partial charge on any atom is 0.408 e. The Balaban J connectivity index is 0.000000306. The third-order valence-electron chi connectivity index (χ3n) is 16.2. The molecule has 1 aliphatic carbocycles. The molecule has 88 heavy (non-hydrogen) atoms. The van der Waals surface area contributed by atoms with Crippen LogP contribution in [0.3, 0.4) is 0 Å². The van der Waals surface area contributed by atoms with Crippen LogP contribution in [-0.4, -0.2) is 136 Å². The van der Waals surface area contributed by atoms with Crippen LogP contribution < -0.4 is 30.7 Å². The molecule has 4 aromatic carbocycles. The monoisotopic (exact) mass is 1220 g/mol. The molecule has 466 valence electrons. The standard InChI is InChI=1S/C47H60FN9O5S.C18H20N4O3/c1-26(2)29(5)57-23-39(54-55-57)32-14-12-30(13-15-32)25-60-43-41(40-28(4)37(48)20-38(49)36(40)21-50-63)34(31-16-17-31)19-35-42(43)52-45(61-24-27(3)59-9)53-44(35)56-18-10-11-33(22-56)51-46(58)62-47(6,7)8;23-10-16(21-18(25)17-2-1-7-22(17)12-24)14-5-3-13(4-6-14)15-8-19-11-20-9-15/h10-15,19-21,26-27,29,31,33,39,63H,16-18,22-25,49H2,1-9H3,(H,51,58);3-6,8-9,11-12,16-17,23H,1-2,7,10H2,(H,21,25)/b50-21+;/t27-,29?,33?,39?;/m0./s1. The average molecular weight is 1220 g/mol. The second kappa shape index (κ2) is 28.7. The number of hydrogen-bond donors (Lipinski definition) is 5. The van der Waals surface area contributed by atoms with Crippen molar-refractivity contribution in [1.29, 1.82) is 0 Å². The topological polar surface area (TPSA) is 257 Å². The number of nitrogens with two attached hydrogens (primary N) is 1. The van der Waals surface area contributed by atoms with Gasteiger partial charge < -0.3 is 50.2 Å². The SMILES string of the molecule is CO[C@@H](C)COc1nc(N2CC=CC(NC(=O)OC(C)(C)C)C2)c2cc(C3CC3)c(-c3c(C)c(F)cc(N)c3/C=N/S)c(OCc3ccc(C4CN(C(C)C(C)C)N=N4)cc3)c2n1.O=CN1CCCC1C(=O)NC(CO)c1ccc(-c2cncnc2)cc1. The Labute approximate surface area is 519 Å². The Hall–Kier alpha value is -8.28. The number of likely N-dealkylation sites (tertiary alicyclic amines) is 1. The quantitative estimate of drug-likeness (QED) is 0.0148. The first-order valence-electron chi connectivity index (χ1n) is 29.9. The first-order chi connectivity index (χ1) is 42.3. The van der Waals surface area contributed by atoms with E-state index in [0.717, 1.165) is 52.6 Å². The molecule has 5 unspecified atom stereocenters. The Morgan fingerprint density at radius 1 is 0.966 bits per heavy atom. The Bertz CT molecular complexity index is 3510. The Kier molecular flexibility index (Phi) is 20.9. The van der Waals surface area contributed by atoms with Crippen molar-refractivity contribution < 1.29 is 42.8 Å². The van der Waals surface area contributed by atoms with Crippen LogP contribution in [0.4, 0.5) is 20.7 Å². The Morgan fingerprint density at radius 3 is 2.36 bits per heavy atom. The summed E-state index contributed by atoms with van der Waals surface area (Å²) in [7, 11) is 1.61. The zero-order chi connectivity index (χ0) is 62.8. The summed E-state index contributed by atoms with van der Waals surface area (Å²) >= 11 is 4.18. The summed E-state index contributed by atoms with van der Waals surface area (Å²) in [4.78, 5) is 58.0. The highest BCUT2D eigenvalue weighted by atomic mass is 32.1. The lowest BCUT2D eigenvalue weighted by molar-refractivity contribution is -0.131. The van der Waals surface area contributed by atoms with Crippen molar-refractivity contribution in [3.63, 3.8) is 0 Å². The average Bonchev–Trinajstić information content (AvgIpc) is 1.19. The number of rotatable bonds is 21. The molecule has 0 bridgehead atoms. The van der Waals surface area contributed by atoms with Crippen LogP contribution in [0.15, 0.2) is 106 Å². The molecular weight excluding hydrogens is 1140 g/mol. The van der Waals surface area contributed by atoms with Crippen LogP contribution in [0, 0.1) is 18.7 Å². The number of aliphatic hydroxyl groups is 1. The molecule has 6 aromatic rings. The highest BCUT2D eigenvalue weighted by molar-refractivity contribution is 7.79. The van der Waals surface area contributed by atoms with Gasteiger partial charge in [0.25, 0.3) is 0 Å². The van der Waals surface area contributed by atoms with Crippen molar-refractivity contribution >= 4 is 59.8 Å². The fraction of sp³-hybridized carbons (Fsp3) is 0.446. The van der Waals surface area contributed by atoms with E-state index in [1.54, 1.807) is 26.4 Å². The second-order valence-corrected chi connectivity index (χ2v) is 24.3. The van der Waals surface area contributed by atoms with Crippen molar-refractivity contribution in [3.8, 4) is 34.0 Å². The zero-order valence-electron chi connectivity index (χ0n) is 51.4. The summed E-state index contributed by atoms with van der Waals surface area (Å²) in [6.45, 7) is 18.0. The van der Waals surface area contributed by atoms with Crippen LogP contribution >= 0.6 is 12.8 Å². The number of fused-ring (bicyclic) bond motifs is 1. The van der Waals surface area contributed by atoms with Gasteiger partial charge >= 0.3 is 12.1 Å². The van der Waals surface area contributed by atoms with Gasteiger partial charge in [0, 0.05) is 84.7 Å². The van der Waals surface area contributed by atoms with Gasteiger partial charge in [0.15, 0.2) is 5.75 Å². The maximum atomic E-state index is 16.0. The lowest BCUT2D eigenvalue weighted by atomic mass is 9.87. The van der Waals surface area contributed by atoms with Gasteiger partial charge in [-0.25, -0.2) is 23.6 Å². The molecule has 0 spiro atoms. The number of alkyl carbamates (subject to hydrolysis) is 1. The van der Waals surface area contributed by atoms with E-state index in [9.17, 15) is 19.5 Å². The molecular formula is C65H80FN13O8S. The van der Waals surface area contributed by atoms with Gasteiger partial charge in [0.05, 0.1) is 31.3 Å². The third-order valence-corrected chi connectivity index (χ3v) is 16.4. The molecule has 5 heterocycles. The third kappa shape index (κ3) is 15.5. The number of carbonyl (C=O) groups is 3. The second-order valence-electron chi connectivity index (χ2n) is 24.1. The van der Waals surface area contributed by atoms with E-state index in [0.29, 0.717) is 89.7 Å². The lowest BCUT2D eigenvalue weighted by Gasteiger charge is -2.32. The molecule has 0 radical (unpaired) electrons. The number of carbonyl (C=O) groups excluding carboxylic acids is 3. The molecule has 3 amide bonds. The highest BCUT2D eigenvalue weighted by Gasteiger charge is 2.36. The fourth-order valence-corrected chi connectivity index (χ4v) is 11.0. The molecule has 5 N–H and O–H groups in total. The summed E-state index contributed by atoms with van der Waals surface area (Å²) < 4.78 is 44.4. The van der Waals surface area contributed by atoms with Gasteiger partial charge in [-0.3, -0.25) is 14.6 Å². The predicted molar refractivity (Wildman–Crippen MR) is 340 cm³/mol. The maximum absolute atomic E-state index is 16.0. The van der Waals surface area contributed by atoms with Crippen LogP contribution in [0.2, 0.25) is 0 Å². The predicted octanol–water partition coefficient (Wildman–Crippen LogP) is 10.4. The number of nitrogen functional groups attached to an aromatic ring is 1. The van der Waals surface area contributed by atoms with Crippen LogP contribution in [0.1, 0.15) is 126 Å². The number of hydrogen-bond acceptors (Lipinski definition) is 19. The number of nitrogens with one attached hydrogen (secondary N) is 2. The smallest absolute Gasteiger partial charge is 0.408 e. The molecule has 21 nitrogen and oxygen atoms in total. The minimum atomic E-state index is -0.662. The molecule has 1 saturated carbocycles. The van der Waals surface area contributed by atoms with Gasteiger partial charge in [0.1, 0.15) is 54.4 Å².